The molecular weight excluding hydrogens is 418 g/mol. The van der Waals surface area contributed by atoms with E-state index >= 15 is 0 Å². The molecule has 4 aromatic carbocycles. The molecule has 0 atom stereocenters. The Labute approximate surface area is 208 Å². The van der Waals surface area contributed by atoms with Crippen LogP contribution in [-0.4, -0.2) is 11.3 Å². The summed E-state index contributed by atoms with van der Waals surface area (Å²) in [4.78, 5) is 13.6. The van der Waals surface area contributed by atoms with Gasteiger partial charge in [0.15, 0.2) is 5.97 Å². The Bertz CT molecular complexity index is 1130. The van der Waals surface area contributed by atoms with E-state index in [0.29, 0.717) is 5.29 Å². The van der Waals surface area contributed by atoms with Crippen LogP contribution in [0.15, 0.2) is 128 Å². The summed E-state index contributed by atoms with van der Waals surface area (Å²) in [7, 11) is 0. The second-order valence-electron chi connectivity index (χ2n) is 7.26. The van der Waals surface area contributed by atoms with Crippen LogP contribution in [0.3, 0.4) is 0 Å². The van der Waals surface area contributed by atoms with Gasteiger partial charge in [0.25, 0.3) is 0 Å². The third-order valence-electron chi connectivity index (χ3n) is 5.34. The largest absolute Gasteiger partial charge is 1.00 e. The Morgan fingerprint density at radius 3 is 1.39 bits per heavy atom. The van der Waals surface area contributed by atoms with Gasteiger partial charge in [-0.2, -0.15) is 6.58 Å². The van der Waals surface area contributed by atoms with Crippen LogP contribution < -0.4 is 34.8 Å². The summed E-state index contributed by atoms with van der Waals surface area (Å²) in [5.74, 6) is -0.395. The van der Waals surface area contributed by atoms with Crippen molar-refractivity contribution in [3.8, 4) is 0 Å². The second-order valence-corrected chi connectivity index (χ2v) is 10.6. The van der Waals surface area contributed by atoms with Gasteiger partial charge in [0.05, 0.1) is 6.61 Å². The van der Waals surface area contributed by atoms with E-state index in [2.05, 4.69) is 49.1 Å². The SMILES string of the molecule is C=[C-]C(C(=O)OCc1ccccc1)=P(c1ccccc1)(c1ccccc1)c1ccccc1.[Li+]. The fourth-order valence-electron chi connectivity index (χ4n) is 3.91. The zero-order chi connectivity index (χ0) is 22.2. The van der Waals surface area contributed by atoms with E-state index in [4.69, 9.17) is 4.74 Å². The Hall–Kier alpha value is -3.01. The Kier molecular flexibility index (Phi) is 8.76. The molecule has 0 saturated carbocycles. The van der Waals surface area contributed by atoms with E-state index < -0.39 is 12.9 Å². The van der Waals surface area contributed by atoms with Crippen LogP contribution in [0.5, 0.6) is 0 Å². The summed E-state index contributed by atoms with van der Waals surface area (Å²) in [6, 6.07) is 40.2. The zero-order valence-corrected chi connectivity index (χ0v) is 19.6. The normalized spacial score (nSPS) is 10.5. The monoisotopic (exact) mass is 442 g/mol. The fraction of sp³-hybridized carbons (Fsp3) is 0.0345. The van der Waals surface area contributed by atoms with Crippen molar-refractivity contribution in [3.63, 3.8) is 0 Å². The molecule has 0 N–H and O–H groups in total. The number of ether oxygens (including phenoxy) is 1. The van der Waals surface area contributed by atoms with Crippen LogP contribution in [0, 0.1) is 6.08 Å². The molecule has 0 aliphatic heterocycles. The molecule has 0 unspecified atom stereocenters. The molecule has 4 aromatic rings. The third kappa shape index (κ3) is 5.16. The van der Waals surface area contributed by atoms with Gasteiger partial charge in [-0.1, -0.05) is 121 Å². The van der Waals surface area contributed by atoms with Crippen molar-refractivity contribution in [1.82, 2.24) is 0 Å². The molecule has 0 aliphatic rings. The Morgan fingerprint density at radius 2 is 1.03 bits per heavy atom. The van der Waals surface area contributed by atoms with Crippen molar-refractivity contribution >= 4 is 34.1 Å². The predicted molar refractivity (Wildman–Crippen MR) is 135 cm³/mol. The molecule has 0 aromatic heterocycles. The zero-order valence-electron chi connectivity index (χ0n) is 18.7. The molecule has 0 bridgehead atoms. The van der Waals surface area contributed by atoms with Crippen LogP contribution in [0.2, 0.25) is 0 Å². The first-order valence-corrected chi connectivity index (χ1v) is 12.2. The Balaban J connectivity index is 0.00000306. The minimum Gasteiger partial charge on any atom is -0.543 e. The topological polar surface area (TPSA) is 26.3 Å². The first-order valence-electron chi connectivity index (χ1n) is 10.4. The summed E-state index contributed by atoms with van der Waals surface area (Å²) in [6.07, 6.45) is 3.02. The van der Waals surface area contributed by atoms with Crippen molar-refractivity contribution in [2.75, 3.05) is 0 Å². The molecule has 0 amide bonds. The molecule has 4 heteroatoms. The van der Waals surface area contributed by atoms with Crippen LogP contribution in [-0.2, 0) is 16.1 Å². The Morgan fingerprint density at radius 1 is 0.667 bits per heavy atom. The van der Waals surface area contributed by atoms with E-state index in [0.717, 1.165) is 21.5 Å². The standard InChI is InChI=1S/C29H24O2P.Li/c1-2-28(29(30)31-23-24-15-7-3-8-16-24)32(25-17-9-4-10-18-25,26-19-11-5-12-20-26)27-21-13-6-14-22-27;/h3-22H,1,23H2;/q-1;+1. The van der Waals surface area contributed by atoms with Crippen molar-refractivity contribution in [1.29, 1.82) is 0 Å². The average Bonchev–Trinajstić information content (AvgIpc) is 2.88. The van der Waals surface area contributed by atoms with Gasteiger partial charge in [0.1, 0.15) is 0 Å². The number of benzene rings is 4. The summed E-state index contributed by atoms with van der Waals surface area (Å²) in [6.45, 7) is 1.57. The minimum absolute atomic E-state index is 0. The molecule has 0 radical (unpaired) electrons. The van der Waals surface area contributed by atoms with E-state index in [-0.39, 0.29) is 25.5 Å². The maximum absolute atomic E-state index is 13.6. The number of carbonyl (C=O) groups excluding carboxylic acids is 1. The molecule has 0 heterocycles. The predicted octanol–water partition coefficient (Wildman–Crippen LogP) is 1.89. The number of hydrogen-bond donors (Lipinski definition) is 0. The summed E-state index contributed by atoms with van der Waals surface area (Å²) in [5.41, 5.74) is 0.937. The quantitative estimate of drug-likeness (QED) is 0.189. The molecular formula is C29H24LiO2P. The van der Waals surface area contributed by atoms with Gasteiger partial charge in [-0.15, -0.1) is 5.29 Å². The van der Waals surface area contributed by atoms with E-state index in [1.165, 1.54) is 0 Å². The van der Waals surface area contributed by atoms with Gasteiger partial charge < -0.3 is 9.53 Å². The second kappa shape index (κ2) is 11.7. The average molecular weight is 442 g/mol. The summed E-state index contributed by atoms with van der Waals surface area (Å²) < 4.78 is 5.80. The minimum atomic E-state index is -2.57. The van der Waals surface area contributed by atoms with Crippen LogP contribution >= 0.6 is 6.89 Å². The number of rotatable bonds is 7. The molecule has 158 valence electrons. The van der Waals surface area contributed by atoms with Gasteiger partial charge in [-0.25, -0.2) is 6.08 Å². The third-order valence-corrected chi connectivity index (χ3v) is 9.57. The van der Waals surface area contributed by atoms with Gasteiger partial charge in [0, 0.05) is 0 Å². The van der Waals surface area contributed by atoms with E-state index in [1.807, 2.05) is 84.9 Å². The van der Waals surface area contributed by atoms with Gasteiger partial charge in [-0.05, 0) is 28.4 Å². The van der Waals surface area contributed by atoms with Gasteiger partial charge in [-0.3, -0.25) is 0 Å². The fourth-order valence-corrected chi connectivity index (χ4v) is 8.01. The summed E-state index contributed by atoms with van der Waals surface area (Å²) >= 11 is 0. The van der Waals surface area contributed by atoms with Crippen LogP contribution in [0.4, 0.5) is 0 Å². The smallest absolute Gasteiger partial charge is 0.543 e. The van der Waals surface area contributed by atoms with Crippen molar-refractivity contribution in [3.05, 3.63) is 140 Å². The molecule has 4 rings (SSSR count). The first kappa shape index (κ1) is 24.6. The molecule has 0 fully saturated rings. The van der Waals surface area contributed by atoms with Crippen molar-refractivity contribution < 1.29 is 28.4 Å². The number of esters is 1. The molecule has 0 saturated heterocycles. The van der Waals surface area contributed by atoms with Gasteiger partial charge >= 0.3 is 18.9 Å². The van der Waals surface area contributed by atoms with Gasteiger partial charge in [0.2, 0.25) is 0 Å². The summed E-state index contributed by atoms with van der Waals surface area (Å²) in [5, 5.41) is 3.64. The first-order chi connectivity index (χ1) is 15.8. The maximum atomic E-state index is 13.6. The maximum Gasteiger partial charge on any atom is 1.00 e. The van der Waals surface area contributed by atoms with Crippen LogP contribution in [0.1, 0.15) is 5.56 Å². The number of hydrogen-bond acceptors (Lipinski definition) is 2. The molecule has 0 spiro atoms. The molecule has 2 nitrogen and oxygen atoms in total. The van der Waals surface area contributed by atoms with Crippen LogP contribution in [0.25, 0.3) is 0 Å². The van der Waals surface area contributed by atoms with E-state index in [1.54, 1.807) is 0 Å². The molecule has 33 heavy (non-hydrogen) atoms. The molecule has 0 aliphatic carbocycles. The van der Waals surface area contributed by atoms with Crippen molar-refractivity contribution in [2.45, 2.75) is 6.61 Å². The van der Waals surface area contributed by atoms with Crippen molar-refractivity contribution in [2.24, 2.45) is 0 Å². The number of carbonyl (C=O) groups is 1. The van der Waals surface area contributed by atoms with E-state index in [9.17, 15) is 4.79 Å².